The molecule has 0 radical (unpaired) electrons. The summed E-state index contributed by atoms with van der Waals surface area (Å²) in [4.78, 5) is 10.9. The van der Waals surface area contributed by atoms with Crippen LogP contribution in [0.15, 0.2) is 24.3 Å². The fourth-order valence-electron chi connectivity index (χ4n) is 1.52. The van der Waals surface area contributed by atoms with Crippen molar-refractivity contribution in [2.75, 3.05) is 7.05 Å². The zero-order valence-corrected chi connectivity index (χ0v) is 11.3. The van der Waals surface area contributed by atoms with Gasteiger partial charge in [0.2, 0.25) is 0 Å². The highest BCUT2D eigenvalue weighted by molar-refractivity contribution is 5.78. The summed E-state index contributed by atoms with van der Waals surface area (Å²) in [5.41, 5.74) is 6.40. The topological polar surface area (TPSA) is 64.3 Å². The van der Waals surface area contributed by atoms with Crippen molar-refractivity contribution >= 4 is 5.91 Å². The molecule has 0 heterocycles. The Bertz CT molecular complexity index is 376. The van der Waals surface area contributed by atoms with Gasteiger partial charge >= 0.3 is 0 Å². The van der Waals surface area contributed by atoms with Gasteiger partial charge in [0.1, 0.15) is 5.75 Å². The van der Waals surface area contributed by atoms with E-state index in [0.717, 1.165) is 12.8 Å². The number of nitrogens with two attached hydrogens (primary N) is 1. The van der Waals surface area contributed by atoms with Crippen molar-refractivity contribution in [1.29, 1.82) is 0 Å². The average molecular weight is 250 g/mol. The number of carbonyl (C=O) groups is 1. The second-order valence-corrected chi connectivity index (χ2v) is 4.53. The summed E-state index contributed by atoms with van der Waals surface area (Å²) in [6.07, 6.45) is 1.52. The molecule has 2 atom stereocenters. The normalized spacial score (nSPS) is 13.9. The Balaban J connectivity index is 2.49. The van der Waals surface area contributed by atoms with Crippen molar-refractivity contribution in [1.82, 2.24) is 5.32 Å². The Morgan fingerprint density at radius 1 is 1.33 bits per heavy atom. The molecule has 0 aliphatic heterocycles. The van der Waals surface area contributed by atoms with E-state index in [2.05, 4.69) is 12.2 Å². The Morgan fingerprint density at radius 3 is 2.44 bits per heavy atom. The van der Waals surface area contributed by atoms with Crippen LogP contribution in [0.2, 0.25) is 0 Å². The highest BCUT2D eigenvalue weighted by atomic mass is 16.5. The number of carbonyl (C=O) groups excluding carboxylic acids is 1. The SMILES string of the molecule is CNC(C)CCc1ccc(OC(C)C(N)=O)cc1. The molecule has 2 unspecified atom stereocenters. The first-order valence-electron chi connectivity index (χ1n) is 6.25. The third-order valence-corrected chi connectivity index (χ3v) is 3.00. The number of aryl methyl sites for hydroxylation is 1. The molecule has 18 heavy (non-hydrogen) atoms. The predicted octanol–water partition coefficient (Wildman–Crippen LogP) is 1.48. The van der Waals surface area contributed by atoms with E-state index in [4.69, 9.17) is 10.5 Å². The van der Waals surface area contributed by atoms with Gasteiger partial charge in [-0.05, 0) is 51.4 Å². The van der Waals surface area contributed by atoms with Crippen molar-refractivity contribution in [2.45, 2.75) is 38.8 Å². The lowest BCUT2D eigenvalue weighted by molar-refractivity contribution is -0.123. The summed E-state index contributed by atoms with van der Waals surface area (Å²) in [7, 11) is 1.97. The summed E-state index contributed by atoms with van der Waals surface area (Å²) < 4.78 is 5.39. The van der Waals surface area contributed by atoms with Crippen LogP contribution >= 0.6 is 0 Å². The number of hydrogen-bond donors (Lipinski definition) is 2. The van der Waals surface area contributed by atoms with Crippen molar-refractivity contribution in [3.05, 3.63) is 29.8 Å². The molecule has 0 aliphatic carbocycles. The molecule has 0 aromatic heterocycles. The first kappa shape index (κ1) is 14.5. The largest absolute Gasteiger partial charge is 0.481 e. The van der Waals surface area contributed by atoms with Gasteiger partial charge in [0.15, 0.2) is 6.10 Å². The van der Waals surface area contributed by atoms with E-state index in [-0.39, 0.29) is 0 Å². The molecular formula is C14H22N2O2. The Hall–Kier alpha value is -1.55. The van der Waals surface area contributed by atoms with E-state index >= 15 is 0 Å². The van der Waals surface area contributed by atoms with Gasteiger partial charge in [0.05, 0.1) is 0 Å². The Labute approximate surface area is 109 Å². The predicted molar refractivity (Wildman–Crippen MR) is 72.6 cm³/mol. The van der Waals surface area contributed by atoms with Crippen LogP contribution in [0.4, 0.5) is 0 Å². The van der Waals surface area contributed by atoms with Gasteiger partial charge in [-0.2, -0.15) is 0 Å². The van der Waals surface area contributed by atoms with Gasteiger partial charge < -0.3 is 15.8 Å². The zero-order chi connectivity index (χ0) is 13.5. The summed E-state index contributed by atoms with van der Waals surface area (Å²) in [6, 6.07) is 8.30. The number of primary amides is 1. The number of benzene rings is 1. The summed E-state index contributed by atoms with van der Waals surface area (Å²) in [5, 5.41) is 3.21. The van der Waals surface area contributed by atoms with E-state index in [1.54, 1.807) is 6.92 Å². The van der Waals surface area contributed by atoms with Crippen LogP contribution < -0.4 is 15.8 Å². The van der Waals surface area contributed by atoms with Crippen molar-refractivity contribution < 1.29 is 9.53 Å². The van der Waals surface area contributed by atoms with Gasteiger partial charge in [-0.3, -0.25) is 4.79 Å². The molecule has 1 aromatic rings. The fourth-order valence-corrected chi connectivity index (χ4v) is 1.52. The van der Waals surface area contributed by atoms with Gasteiger partial charge in [0.25, 0.3) is 5.91 Å². The maximum atomic E-state index is 10.9. The van der Waals surface area contributed by atoms with Crippen LogP contribution in [0.5, 0.6) is 5.75 Å². The van der Waals surface area contributed by atoms with Crippen molar-refractivity contribution in [3.8, 4) is 5.75 Å². The second-order valence-electron chi connectivity index (χ2n) is 4.53. The third kappa shape index (κ3) is 4.75. The summed E-state index contributed by atoms with van der Waals surface area (Å²) in [5.74, 6) is 0.216. The Kier molecular flexibility index (Phi) is 5.65. The molecule has 100 valence electrons. The van der Waals surface area contributed by atoms with Crippen LogP contribution in [0.1, 0.15) is 25.8 Å². The van der Waals surface area contributed by atoms with Crippen LogP contribution in [-0.4, -0.2) is 25.1 Å². The first-order chi connectivity index (χ1) is 8.52. The van der Waals surface area contributed by atoms with Crippen LogP contribution in [0.3, 0.4) is 0 Å². The molecule has 0 fully saturated rings. The van der Waals surface area contributed by atoms with E-state index in [1.807, 2.05) is 31.3 Å². The molecule has 0 saturated carbocycles. The summed E-state index contributed by atoms with van der Waals surface area (Å²) in [6.45, 7) is 3.80. The molecule has 4 heteroatoms. The van der Waals surface area contributed by atoms with Crippen LogP contribution in [0, 0.1) is 0 Å². The standard InChI is InChI=1S/C14H22N2O2/c1-10(16-3)4-5-12-6-8-13(9-7-12)18-11(2)14(15)17/h6-11,16H,4-5H2,1-3H3,(H2,15,17). The van der Waals surface area contributed by atoms with Crippen LogP contribution in [-0.2, 0) is 11.2 Å². The molecule has 0 spiro atoms. The molecular weight excluding hydrogens is 228 g/mol. The number of hydrogen-bond acceptors (Lipinski definition) is 3. The first-order valence-corrected chi connectivity index (χ1v) is 6.25. The third-order valence-electron chi connectivity index (χ3n) is 3.00. The highest BCUT2D eigenvalue weighted by Crippen LogP contribution is 2.15. The maximum Gasteiger partial charge on any atom is 0.258 e. The lowest BCUT2D eigenvalue weighted by atomic mass is 10.1. The number of ether oxygens (including phenoxy) is 1. The van der Waals surface area contributed by atoms with Gasteiger partial charge in [0, 0.05) is 6.04 Å². The molecule has 0 aliphatic rings. The number of nitrogens with one attached hydrogen (secondary N) is 1. The van der Waals surface area contributed by atoms with E-state index in [0.29, 0.717) is 11.8 Å². The van der Waals surface area contributed by atoms with E-state index < -0.39 is 12.0 Å². The van der Waals surface area contributed by atoms with Gasteiger partial charge in [-0.25, -0.2) is 0 Å². The van der Waals surface area contributed by atoms with Crippen molar-refractivity contribution in [2.24, 2.45) is 5.73 Å². The highest BCUT2D eigenvalue weighted by Gasteiger charge is 2.09. The van der Waals surface area contributed by atoms with Crippen molar-refractivity contribution in [3.63, 3.8) is 0 Å². The Morgan fingerprint density at radius 2 is 1.94 bits per heavy atom. The molecule has 1 rings (SSSR count). The van der Waals surface area contributed by atoms with Gasteiger partial charge in [-0.15, -0.1) is 0 Å². The number of amides is 1. The quantitative estimate of drug-likeness (QED) is 0.770. The minimum absolute atomic E-state index is 0.457. The molecule has 1 amide bonds. The van der Waals surface area contributed by atoms with E-state index in [1.165, 1.54) is 5.56 Å². The number of rotatable bonds is 7. The molecule has 0 bridgehead atoms. The lowest BCUT2D eigenvalue weighted by Gasteiger charge is -2.12. The minimum Gasteiger partial charge on any atom is -0.481 e. The lowest BCUT2D eigenvalue weighted by Crippen LogP contribution is -2.30. The monoisotopic (exact) mass is 250 g/mol. The molecule has 3 N–H and O–H groups in total. The fraction of sp³-hybridized carbons (Fsp3) is 0.500. The zero-order valence-electron chi connectivity index (χ0n) is 11.3. The van der Waals surface area contributed by atoms with Crippen LogP contribution in [0.25, 0.3) is 0 Å². The maximum absolute atomic E-state index is 10.9. The van der Waals surface area contributed by atoms with Gasteiger partial charge in [-0.1, -0.05) is 12.1 Å². The second kappa shape index (κ2) is 7.01. The minimum atomic E-state index is -0.597. The van der Waals surface area contributed by atoms with E-state index in [9.17, 15) is 4.79 Å². The molecule has 0 saturated heterocycles. The molecule has 1 aromatic carbocycles. The average Bonchev–Trinajstić information content (AvgIpc) is 2.37. The summed E-state index contributed by atoms with van der Waals surface area (Å²) >= 11 is 0. The molecule has 4 nitrogen and oxygen atoms in total. The smallest absolute Gasteiger partial charge is 0.258 e.